The minimum Gasteiger partial charge on any atom is -0.489 e. The third-order valence-corrected chi connectivity index (χ3v) is 3.48. The van der Waals surface area contributed by atoms with Crippen LogP contribution >= 0.6 is 0 Å². The summed E-state index contributed by atoms with van der Waals surface area (Å²) in [4.78, 5) is 11.2. The highest BCUT2D eigenvalue weighted by atomic mass is 16.5. The fraction of sp³-hybridized carbons (Fsp3) is 0.250. The zero-order valence-corrected chi connectivity index (χ0v) is 12.2. The Labute approximate surface area is 123 Å². The molecule has 21 heavy (non-hydrogen) atoms. The highest BCUT2D eigenvalue weighted by Gasteiger charge is 2.21. The molecule has 0 spiro atoms. The number of carbonyl (C=O) groups is 1. The van der Waals surface area contributed by atoms with Gasteiger partial charge in [-0.3, -0.25) is 4.57 Å². The van der Waals surface area contributed by atoms with Crippen molar-refractivity contribution in [3.05, 3.63) is 52.3 Å². The molecule has 0 amide bonds. The monoisotopic (exact) mass is 284 g/mol. The van der Waals surface area contributed by atoms with Gasteiger partial charge in [-0.25, -0.2) is 4.79 Å². The van der Waals surface area contributed by atoms with E-state index in [-0.39, 0.29) is 6.61 Å². The molecule has 0 saturated heterocycles. The molecular formula is C16H16N2O3. The fourth-order valence-electron chi connectivity index (χ4n) is 2.30. The standard InChI is InChI=1S/C16H16N2O3/c1-10-4-6-13(7-5-10)21-9-15-12(3)18(16(19)20)11(2)14(15)8-17/h4-7H,9H2,1-3H3,(H,19,20). The number of nitrogens with zero attached hydrogens (tertiary/aromatic N) is 2. The van der Waals surface area contributed by atoms with Gasteiger partial charge in [0.1, 0.15) is 18.4 Å². The predicted octanol–water partition coefficient (Wildman–Crippen LogP) is 3.39. The quantitative estimate of drug-likeness (QED) is 0.937. The van der Waals surface area contributed by atoms with Gasteiger partial charge in [0.05, 0.1) is 5.56 Å². The van der Waals surface area contributed by atoms with Crippen LogP contribution in [0.25, 0.3) is 0 Å². The smallest absolute Gasteiger partial charge is 0.415 e. The number of benzene rings is 1. The molecule has 0 fully saturated rings. The van der Waals surface area contributed by atoms with Crippen molar-refractivity contribution < 1.29 is 14.6 Å². The summed E-state index contributed by atoms with van der Waals surface area (Å²) in [5.41, 5.74) is 3.04. The van der Waals surface area contributed by atoms with Crippen LogP contribution in [0.5, 0.6) is 5.75 Å². The fourth-order valence-corrected chi connectivity index (χ4v) is 2.30. The first-order chi connectivity index (χ1) is 9.95. The lowest BCUT2D eigenvalue weighted by atomic mass is 10.1. The molecule has 2 aromatic rings. The average molecular weight is 284 g/mol. The third kappa shape index (κ3) is 2.75. The normalized spacial score (nSPS) is 10.2. The zero-order chi connectivity index (χ0) is 15.6. The largest absolute Gasteiger partial charge is 0.489 e. The number of hydrogen-bond donors (Lipinski definition) is 1. The number of nitriles is 1. The Balaban J connectivity index is 2.32. The minimum atomic E-state index is -1.09. The number of aromatic nitrogens is 1. The van der Waals surface area contributed by atoms with Gasteiger partial charge in [0.2, 0.25) is 0 Å². The summed E-state index contributed by atoms with van der Waals surface area (Å²) in [7, 11) is 0. The zero-order valence-electron chi connectivity index (χ0n) is 12.2. The van der Waals surface area contributed by atoms with Gasteiger partial charge in [-0.2, -0.15) is 5.26 Å². The van der Waals surface area contributed by atoms with Gasteiger partial charge in [0.25, 0.3) is 0 Å². The Morgan fingerprint density at radius 2 is 1.86 bits per heavy atom. The second kappa shape index (κ2) is 5.71. The van der Waals surface area contributed by atoms with E-state index in [0.717, 1.165) is 10.1 Å². The summed E-state index contributed by atoms with van der Waals surface area (Å²) >= 11 is 0. The molecule has 0 aliphatic heterocycles. The number of rotatable bonds is 3. The second-order valence-corrected chi connectivity index (χ2v) is 4.86. The van der Waals surface area contributed by atoms with Gasteiger partial charge in [-0.05, 0) is 32.9 Å². The van der Waals surface area contributed by atoms with E-state index in [1.54, 1.807) is 13.8 Å². The van der Waals surface area contributed by atoms with Crippen LogP contribution in [0, 0.1) is 32.1 Å². The molecule has 1 aromatic heterocycles. The average Bonchev–Trinajstić information content (AvgIpc) is 2.68. The van der Waals surface area contributed by atoms with Gasteiger partial charge < -0.3 is 9.84 Å². The molecule has 5 nitrogen and oxygen atoms in total. The highest BCUT2D eigenvalue weighted by Crippen LogP contribution is 2.23. The molecule has 0 aliphatic carbocycles. The van der Waals surface area contributed by atoms with Crippen LogP contribution in [0.1, 0.15) is 28.1 Å². The van der Waals surface area contributed by atoms with Crippen LogP contribution in [0.3, 0.4) is 0 Å². The Morgan fingerprint density at radius 3 is 2.38 bits per heavy atom. The molecule has 108 valence electrons. The van der Waals surface area contributed by atoms with Crippen molar-refractivity contribution in [2.75, 3.05) is 0 Å². The van der Waals surface area contributed by atoms with Crippen LogP contribution in [0.15, 0.2) is 24.3 Å². The van der Waals surface area contributed by atoms with Gasteiger partial charge in [0.15, 0.2) is 0 Å². The summed E-state index contributed by atoms with van der Waals surface area (Å²) in [6.07, 6.45) is -1.09. The second-order valence-electron chi connectivity index (χ2n) is 4.86. The Morgan fingerprint density at radius 1 is 1.24 bits per heavy atom. The molecule has 0 bridgehead atoms. The molecular weight excluding hydrogens is 268 g/mol. The molecule has 1 heterocycles. The van der Waals surface area contributed by atoms with Crippen LogP contribution < -0.4 is 4.74 Å². The van der Waals surface area contributed by atoms with E-state index >= 15 is 0 Å². The molecule has 2 rings (SSSR count). The van der Waals surface area contributed by atoms with Crippen molar-refractivity contribution in [2.45, 2.75) is 27.4 Å². The summed E-state index contributed by atoms with van der Waals surface area (Å²) < 4.78 is 6.78. The maximum Gasteiger partial charge on any atom is 0.415 e. The third-order valence-electron chi connectivity index (χ3n) is 3.48. The first kappa shape index (κ1) is 14.7. The van der Waals surface area contributed by atoms with Crippen molar-refractivity contribution in [1.29, 1.82) is 5.26 Å². The topological polar surface area (TPSA) is 75.2 Å². The van der Waals surface area contributed by atoms with E-state index in [2.05, 4.69) is 6.07 Å². The summed E-state index contributed by atoms with van der Waals surface area (Å²) in [5.74, 6) is 0.685. The highest BCUT2D eigenvalue weighted by molar-refractivity contribution is 5.73. The summed E-state index contributed by atoms with van der Waals surface area (Å²) in [6.45, 7) is 5.45. The lowest BCUT2D eigenvalue weighted by Gasteiger charge is -2.07. The van der Waals surface area contributed by atoms with E-state index in [1.165, 1.54) is 0 Å². The van der Waals surface area contributed by atoms with Gasteiger partial charge in [-0.15, -0.1) is 0 Å². The van der Waals surface area contributed by atoms with Crippen molar-refractivity contribution in [1.82, 2.24) is 4.57 Å². The van der Waals surface area contributed by atoms with Gasteiger partial charge in [0, 0.05) is 17.0 Å². The lowest BCUT2D eigenvalue weighted by molar-refractivity contribution is 0.195. The maximum atomic E-state index is 11.2. The van der Waals surface area contributed by atoms with Gasteiger partial charge in [-0.1, -0.05) is 17.7 Å². The summed E-state index contributed by atoms with van der Waals surface area (Å²) in [5, 5.41) is 18.4. The van der Waals surface area contributed by atoms with E-state index in [0.29, 0.717) is 28.3 Å². The van der Waals surface area contributed by atoms with Crippen molar-refractivity contribution >= 4 is 6.09 Å². The van der Waals surface area contributed by atoms with E-state index in [9.17, 15) is 15.2 Å². The molecule has 0 radical (unpaired) electrons. The van der Waals surface area contributed by atoms with Crippen molar-refractivity contribution in [3.63, 3.8) is 0 Å². The van der Waals surface area contributed by atoms with E-state index in [1.807, 2.05) is 31.2 Å². The molecule has 0 unspecified atom stereocenters. The molecule has 1 aromatic carbocycles. The van der Waals surface area contributed by atoms with E-state index in [4.69, 9.17) is 4.74 Å². The maximum absolute atomic E-state index is 11.2. The number of hydrogen-bond acceptors (Lipinski definition) is 3. The first-order valence-electron chi connectivity index (χ1n) is 6.49. The van der Waals surface area contributed by atoms with Crippen LogP contribution in [0.2, 0.25) is 0 Å². The van der Waals surface area contributed by atoms with Crippen LogP contribution in [-0.2, 0) is 6.61 Å². The van der Waals surface area contributed by atoms with Crippen molar-refractivity contribution in [2.24, 2.45) is 0 Å². The first-order valence-corrected chi connectivity index (χ1v) is 6.49. The molecule has 5 heteroatoms. The minimum absolute atomic E-state index is 0.166. The molecule has 0 atom stereocenters. The lowest BCUT2D eigenvalue weighted by Crippen LogP contribution is -2.11. The Hall–Kier alpha value is -2.74. The number of aryl methyl sites for hydroxylation is 1. The number of ether oxygens (including phenoxy) is 1. The van der Waals surface area contributed by atoms with Crippen LogP contribution in [0.4, 0.5) is 4.79 Å². The van der Waals surface area contributed by atoms with Crippen molar-refractivity contribution in [3.8, 4) is 11.8 Å². The number of carboxylic acid groups (broad SMARTS) is 1. The Kier molecular flexibility index (Phi) is 3.99. The molecule has 0 aliphatic rings. The molecule has 1 N–H and O–H groups in total. The predicted molar refractivity (Wildman–Crippen MR) is 77.6 cm³/mol. The van der Waals surface area contributed by atoms with E-state index < -0.39 is 6.09 Å². The Bertz CT molecular complexity index is 721. The summed E-state index contributed by atoms with van der Waals surface area (Å²) in [6, 6.07) is 9.61. The SMILES string of the molecule is Cc1ccc(OCc2c(C#N)c(C)n(C(=O)O)c2C)cc1. The molecule has 0 saturated carbocycles. The van der Waals surface area contributed by atoms with Crippen LogP contribution in [-0.4, -0.2) is 15.8 Å². The van der Waals surface area contributed by atoms with Gasteiger partial charge >= 0.3 is 6.09 Å².